The number of halogens is 1. The topological polar surface area (TPSA) is 96.7 Å². The van der Waals surface area contributed by atoms with Crippen molar-refractivity contribution in [3.8, 4) is 5.75 Å². The van der Waals surface area contributed by atoms with Crippen LogP contribution in [0, 0.1) is 5.92 Å². The summed E-state index contributed by atoms with van der Waals surface area (Å²) in [7, 11) is 1.56. The van der Waals surface area contributed by atoms with Crippen LogP contribution in [0.4, 0.5) is 10.5 Å². The second kappa shape index (κ2) is 9.80. The molecule has 3 amide bonds. The number of nitrogens with zero attached hydrogens (tertiary/aromatic N) is 1. The van der Waals surface area contributed by atoms with Crippen LogP contribution in [0.15, 0.2) is 18.2 Å². The number of hydrogen-bond donors (Lipinski definition) is 3. The monoisotopic (exact) mass is 396 g/mol. The Balaban J connectivity index is 0.00000261. The van der Waals surface area contributed by atoms with Crippen molar-refractivity contribution < 1.29 is 14.3 Å². The number of urea groups is 1. The van der Waals surface area contributed by atoms with E-state index in [1.165, 1.54) is 19.3 Å². The summed E-state index contributed by atoms with van der Waals surface area (Å²) in [6.07, 6.45) is 5.90. The van der Waals surface area contributed by atoms with Crippen LogP contribution in [0.2, 0.25) is 0 Å². The Kier molecular flexibility index (Phi) is 7.74. The van der Waals surface area contributed by atoms with Gasteiger partial charge in [-0.25, -0.2) is 4.79 Å². The molecule has 2 fully saturated rings. The third kappa shape index (κ3) is 4.84. The molecule has 1 aliphatic heterocycles. The van der Waals surface area contributed by atoms with Crippen LogP contribution in [0.5, 0.6) is 5.75 Å². The average Bonchev–Trinajstić information content (AvgIpc) is 3.11. The van der Waals surface area contributed by atoms with E-state index in [9.17, 15) is 9.59 Å². The first-order chi connectivity index (χ1) is 12.6. The normalized spacial score (nSPS) is 18.4. The van der Waals surface area contributed by atoms with Crippen molar-refractivity contribution in [2.75, 3.05) is 31.6 Å². The molecule has 0 bridgehead atoms. The fraction of sp³-hybridized carbons (Fsp3) is 0.579. The van der Waals surface area contributed by atoms with Crippen molar-refractivity contribution >= 4 is 30.0 Å². The van der Waals surface area contributed by atoms with E-state index >= 15 is 0 Å². The van der Waals surface area contributed by atoms with Crippen LogP contribution < -0.4 is 26.0 Å². The lowest BCUT2D eigenvalue weighted by molar-refractivity contribution is 0.0915. The molecule has 1 heterocycles. The summed E-state index contributed by atoms with van der Waals surface area (Å²) in [6.45, 7) is 1.57. The molecule has 0 aromatic heterocycles. The van der Waals surface area contributed by atoms with E-state index in [-0.39, 0.29) is 30.4 Å². The summed E-state index contributed by atoms with van der Waals surface area (Å²) in [6, 6.07) is 4.98. The number of amides is 3. The van der Waals surface area contributed by atoms with E-state index < -0.39 is 0 Å². The van der Waals surface area contributed by atoms with Gasteiger partial charge in [-0.05, 0) is 37.0 Å². The van der Waals surface area contributed by atoms with Gasteiger partial charge in [-0.1, -0.05) is 19.3 Å². The second-order valence-electron chi connectivity index (χ2n) is 6.98. The molecule has 0 radical (unpaired) electrons. The Morgan fingerprint density at radius 3 is 2.70 bits per heavy atom. The minimum absolute atomic E-state index is 0. The molecule has 3 rings (SSSR count). The number of nitrogens with two attached hydrogens (primary N) is 1. The van der Waals surface area contributed by atoms with Crippen molar-refractivity contribution in [2.45, 2.75) is 38.1 Å². The standard InChI is InChI=1S/C19H28N4O3.ClH/c1-26-17-8-7-14(11-16(17)23-10-9-21-19(23)25)18(24)22-15(12-20)13-5-3-2-4-6-13;/h7-8,11,13,15H,2-6,9-10,12,20H2,1H3,(H,21,25)(H,22,24);1H. The van der Waals surface area contributed by atoms with Crippen LogP contribution in [0.25, 0.3) is 0 Å². The van der Waals surface area contributed by atoms with Crippen LogP contribution in [0.3, 0.4) is 0 Å². The van der Waals surface area contributed by atoms with Gasteiger partial charge in [0.15, 0.2) is 0 Å². The molecule has 1 aromatic rings. The summed E-state index contributed by atoms with van der Waals surface area (Å²) in [5, 5.41) is 5.86. The van der Waals surface area contributed by atoms with Crippen molar-refractivity contribution in [1.82, 2.24) is 10.6 Å². The smallest absolute Gasteiger partial charge is 0.322 e. The van der Waals surface area contributed by atoms with Crippen LogP contribution in [0.1, 0.15) is 42.5 Å². The number of nitrogens with one attached hydrogen (secondary N) is 2. The van der Waals surface area contributed by atoms with Crippen LogP contribution >= 0.6 is 12.4 Å². The van der Waals surface area contributed by atoms with E-state index in [1.54, 1.807) is 30.2 Å². The quantitative estimate of drug-likeness (QED) is 0.687. The van der Waals surface area contributed by atoms with Gasteiger partial charge in [-0.3, -0.25) is 9.69 Å². The number of hydrogen-bond acceptors (Lipinski definition) is 4. The first-order valence-electron chi connectivity index (χ1n) is 9.38. The zero-order valence-corrected chi connectivity index (χ0v) is 16.5. The van der Waals surface area contributed by atoms with Gasteiger partial charge in [0, 0.05) is 31.2 Å². The molecule has 0 spiro atoms. The highest BCUT2D eigenvalue weighted by Crippen LogP contribution is 2.31. The number of carbonyl (C=O) groups excluding carboxylic acids is 2. The summed E-state index contributed by atoms with van der Waals surface area (Å²) >= 11 is 0. The minimum Gasteiger partial charge on any atom is -0.495 e. The van der Waals surface area contributed by atoms with E-state index in [0.717, 1.165) is 12.8 Å². The molecule has 1 aromatic carbocycles. The summed E-state index contributed by atoms with van der Waals surface area (Å²) in [4.78, 5) is 26.4. The largest absolute Gasteiger partial charge is 0.495 e. The van der Waals surface area contributed by atoms with E-state index in [4.69, 9.17) is 10.5 Å². The van der Waals surface area contributed by atoms with Crippen molar-refractivity contribution in [2.24, 2.45) is 11.7 Å². The molecule has 1 saturated heterocycles. The Labute approximate surface area is 166 Å². The highest BCUT2D eigenvalue weighted by Gasteiger charge is 2.27. The van der Waals surface area contributed by atoms with Gasteiger partial charge in [0.25, 0.3) is 5.91 Å². The molecular weight excluding hydrogens is 368 g/mol. The Morgan fingerprint density at radius 1 is 1.37 bits per heavy atom. The first kappa shape index (κ1) is 21.3. The minimum atomic E-state index is -0.178. The molecule has 1 aliphatic carbocycles. The average molecular weight is 397 g/mol. The molecule has 8 heteroatoms. The molecule has 1 atom stereocenters. The van der Waals surface area contributed by atoms with E-state index in [1.807, 2.05) is 0 Å². The molecule has 150 valence electrons. The predicted molar refractivity (Wildman–Crippen MR) is 108 cm³/mol. The lowest BCUT2D eigenvalue weighted by Gasteiger charge is -2.30. The number of rotatable bonds is 6. The maximum atomic E-state index is 12.8. The predicted octanol–water partition coefficient (Wildman–Crippen LogP) is 2.28. The van der Waals surface area contributed by atoms with Gasteiger partial charge >= 0.3 is 6.03 Å². The zero-order chi connectivity index (χ0) is 18.5. The van der Waals surface area contributed by atoms with Gasteiger partial charge < -0.3 is 21.1 Å². The molecule has 27 heavy (non-hydrogen) atoms. The van der Waals surface area contributed by atoms with E-state index in [2.05, 4.69) is 10.6 Å². The number of carbonyl (C=O) groups is 2. The van der Waals surface area contributed by atoms with Gasteiger partial charge in [0.2, 0.25) is 0 Å². The Bertz CT molecular complexity index is 664. The van der Waals surface area contributed by atoms with Crippen molar-refractivity contribution in [3.63, 3.8) is 0 Å². The van der Waals surface area contributed by atoms with Gasteiger partial charge in [0.1, 0.15) is 5.75 Å². The Hall–Kier alpha value is -1.99. The number of methoxy groups -OCH3 is 1. The number of ether oxygens (including phenoxy) is 1. The lowest BCUT2D eigenvalue weighted by atomic mass is 9.84. The number of benzene rings is 1. The van der Waals surface area contributed by atoms with Crippen LogP contribution in [-0.4, -0.2) is 44.7 Å². The summed E-state index contributed by atoms with van der Waals surface area (Å²) in [5.74, 6) is 0.857. The number of anilines is 1. The van der Waals surface area contributed by atoms with Crippen molar-refractivity contribution in [1.29, 1.82) is 0 Å². The highest BCUT2D eigenvalue weighted by atomic mass is 35.5. The van der Waals surface area contributed by atoms with E-state index in [0.29, 0.717) is 42.6 Å². The molecule has 1 unspecified atom stereocenters. The lowest BCUT2D eigenvalue weighted by Crippen LogP contribution is -2.46. The maximum absolute atomic E-state index is 12.8. The highest BCUT2D eigenvalue weighted by molar-refractivity contribution is 6.00. The molecular formula is C19H29ClN4O3. The molecule has 2 aliphatic rings. The SMILES string of the molecule is COc1ccc(C(=O)NC(CN)C2CCCCC2)cc1N1CCNC1=O.Cl. The molecule has 4 N–H and O–H groups in total. The fourth-order valence-corrected chi connectivity index (χ4v) is 3.90. The van der Waals surface area contributed by atoms with Gasteiger partial charge in [-0.2, -0.15) is 0 Å². The zero-order valence-electron chi connectivity index (χ0n) is 15.7. The van der Waals surface area contributed by atoms with Crippen LogP contribution in [-0.2, 0) is 0 Å². The van der Waals surface area contributed by atoms with Crippen molar-refractivity contribution in [3.05, 3.63) is 23.8 Å². The maximum Gasteiger partial charge on any atom is 0.322 e. The third-order valence-corrected chi connectivity index (χ3v) is 5.38. The third-order valence-electron chi connectivity index (χ3n) is 5.38. The fourth-order valence-electron chi connectivity index (χ4n) is 3.90. The van der Waals surface area contributed by atoms with Gasteiger partial charge in [0.05, 0.1) is 12.8 Å². The van der Waals surface area contributed by atoms with Gasteiger partial charge in [-0.15, -0.1) is 12.4 Å². The first-order valence-corrected chi connectivity index (χ1v) is 9.38. The molecule has 7 nitrogen and oxygen atoms in total. The summed E-state index contributed by atoms with van der Waals surface area (Å²) < 4.78 is 5.36. The second-order valence-corrected chi connectivity index (χ2v) is 6.98. The summed E-state index contributed by atoms with van der Waals surface area (Å²) in [5.41, 5.74) is 7.04. The Morgan fingerprint density at radius 2 is 2.11 bits per heavy atom. The molecule has 1 saturated carbocycles.